The van der Waals surface area contributed by atoms with E-state index in [1.54, 1.807) is 20.8 Å². The van der Waals surface area contributed by atoms with Crippen LogP contribution in [-0.2, 0) is 14.0 Å². The van der Waals surface area contributed by atoms with Crippen molar-refractivity contribution < 1.29 is 21.6 Å². The highest BCUT2D eigenvalue weighted by Crippen LogP contribution is 2.36. The molecule has 0 radical (unpaired) electrons. The molecule has 0 atom stereocenters. The van der Waals surface area contributed by atoms with Crippen molar-refractivity contribution in [3.05, 3.63) is 12.5 Å². The SMILES string of the molecule is [2H]c1nc(B2OC(C)(C)C(C)(C)O2)c([2H])n1C(=O)OC(C)(C)C. The zero-order valence-electron chi connectivity index (χ0n) is 15.6. The fourth-order valence-corrected chi connectivity index (χ4v) is 1.72. The fourth-order valence-electron chi connectivity index (χ4n) is 1.72. The summed E-state index contributed by atoms with van der Waals surface area (Å²) in [5.74, 6) is 0. The Bertz CT molecular complexity index is 621. The monoisotopic (exact) mass is 296 g/mol. The van der Waals surface area contributed by atoms with Gasteiger partial charge in [0.15, 0.2) is 0 Å². The van der Waals surface area contributed by atoms with Crippen molar-refractivity contribution in [1.82, 2.24) is 9.55 Å². The number of imidazole rings is 1. The van der Waals surface area contributed by atoms with Crippen LogP contribution in [0.25, 0.3) is 0 Å². The zero-order chi connectivity index (χ0) is 17.8. The molecule has 1 aromatic heterocycles. The molecule has 0 aromatic carbocycles. The Labute approximate surface area is 128 Å². The molecule has 21 heavy (non-hydrogen) atoms. The first-order chi connectivity index (χ1) is 10.3. The van der Waals surface area contributed by atoms with E-state index in [4.69, 9.17) is 16.8 Å². The molecule has 6 nitrogen and oxygen atoms in total. The highest BCUT2D eigenvalue weighted by Gasteiger charge is 2.52. The molecule has 0 N–H and O–H groups in total. The number of ether oxygens (including phenoxy) is 1. The van der Waals surface area contributed by atoms with E-state index in [2.05, 4.69) is 4.98 Å². The van der Waals surface area contributed by atoms with Crippen LogP contribution < -0.4 is 5.59 Å². The van der Waals surface area contributed by atoms with E-state index in [-0.39, 0.29) is 18.1 Å². The summed E-state index contributed by atoms with van der Waals surface area (Å²) in [6.45, 7) is 12.6. The summed E-state index contributed by atoms with van der Waals surface area (Å²) in [4.78, 5) is 16.1. The fraction of sp³-hybridized carbons (Fsp3) is 0.714. The van der Waals surface area contributed by atoms with Crippen molar-refractivity contribution in [3.8, 4) is 0 Å². The molecule has 0 amide bonds. The maximum atomic E-state index is 12.2. The summed E-state index contributed by atoms with van der Waals surface area (Å²) in [6, 6.07) is 0. The molecule has 0 spiro atoms. The van der Waals surface area contributed by atoms with Gasteiger partial charge in [0.2, 0.25) is 0 Å². The van der Waals surface area contributed by atoms with E-state index in [0.717, 1.165) is 4.57 Å². The average molecular weight is 296 g/mol. The van der Waals surface area contributed by atoms with Gasteiger partial charge in [-0.1, -0.05) is 0 Å². The van der Waals surface area contributed by atoms with Gasteiger partial charge in [0.25, 0.3) is 0 Å². The van der Waals surface area contributed by atoms with E-state index >= 15 is 0 Å². The van der Waals surface area contributed by atoms with Gasteiger partial charge in [-0.15, -0.1) is 0 Å². The maximum absolute atomic E-state index is 12.2. The second-order valence-electron chi connectivity index (χ2n) is 7.11. The minimum Gasteiger partial charge on any atom is -0.443 e. The zero-order valence-corrected chi connectivity index (χ0v) is 13.6. The quantitative estimate of drug-likeness (QED) is 0.741. The maximum Gasteiger partial charge on any atom is 0.516 e. The molecule has 0 aliphatic carbocycles. The number of aromatic nitrogens is 2. The predicted octanol–water partition coefficient (Wildman–Crippen LogP) is 1.97. The molecule has 2 rings (SSSR count). The lowest BCUT2D eigenvalue weighted by molar-refractivity contribution is 0.00578. The summed E-state index contributed by atoms with van der Waals surface area (Å²) < 4.78 is 33.7. The van der Waals surface area contributed by atoms with Crippen molar-refractivity contribution in [2.75, 3.05) is 0 Å². The molecule has 2 heterocycles. The topological polar surface area (TPSA) is 62.6 Å². The first-order valence-electron chi connectivity index (χ1n) is 7.90. The second kappa shape index (κ2) is 4.85. The van der Waals surface area contributed by atoms with Crippen molar-refractivity contribution in [3.63, 3.8) is 0 Å². The number of nitrogens with zero attached hydrogens (tertiary/aromatic N) is 2. The van der Waals surface area contributed by atoms with Crippen LogP contribution in [0.15, 0.2) is 12.5 Å². The van der Waals surface area contributed by atoms with Gasteiger partial charge in [-0.05, 0) is 48.5 Å². The Morgan fingerprint density at radius 1 is 1.33 bits per heavy atom. The lowest BCUT2D eigenvalue weighted by atomic mass is 9.86. The molecule has 116 valence electrons. The van der Waals surface area contributed by atoms with Crippen molar-refractivity contribution in [2.24, 2.45) is 0 Å². The van der Waals surface area contributed by atoms with Gasteiger partial charge in [-0.25, -0.2) is 14.3 Å². The largest absolute Gasteiger partial charge is 0.516 e. The molecule has 0 bridgehead atoms. The van der Waals surface area contributed by atoms with E-state index in [9.17, 15) is 4.79 Å². The standard InChI is InChI=1S/C14H23BN2O4/c1-12(2,3)19-11(18)17-8-10(16-9-17)15-20-13(4,5)14(6,7)21-15/h8-9H,1-7H3/i8D,9D. The lowest BCUT2D eigenvalue weighted by Gasteiger charge is -2.32. The van der Waals surface area contributed by atoms with Gasteiger partial charge in [0.1, 0.15) is 13.3 Å². The molecule has 0 saturated carbocycles. The van der Waals surface area contributed by atoms with Crippen LogP contribution in [0.1, 0.15) is 51.2 Å². The van der Waals surface area contributed by atoms with Crippen molar-refractivity contribution in [1.29, 1.82) is 0 Å². The minimum atomic E-state index is -0.903. The Balaban J connectivity index is 2.34. The van der Waals surface area contributed by atoms with Gasteiger partial charge in [0, 0.05) is 6.17 Å². The van der Waals surface area contributed by atoms with E-state index in [1.165, 1.54) is 0 Å². The number of hydrogen-bond donors (Lipinski definition) is 0. The summed E-state index contributed by atoms with van der Waals surface area (Å²) in [7, 11) is -0.903. The summed E-state index contributed by atoms with van der Waals surface area (Å²) in [5.41, 5.74) is -1.83. The lowest BCUT2D eigenvalue weighted by Crippen LogP contribution is -2.41. The summed E-state index contributed by atoms with van der Waals surface area (Å²) in [5, 5.41) is 0. The highest BCUT2D eigenvalue weighted by molar-refractivity contribution is 6.61. The van der Waals surface area contributed by atoms with Crippen LogP contribution >= 0.6 is 0 Å². The van der Waals surface area contributed by atoms with Crippen molar-refractivity contribution >= 4 is 18.8 Å². The molecule has 1 aliphatic rings. The van der Waals surface area contributed by atoms with E-state index in [1.807, 2.05) is 27.7 Å². The van der Waals surface area contributed by atoms with Gasteiger partial charge in [-0.2, -0.15) is 0 Å². The van der Waals surface area contributed by atoms with Crippen LogP contribution in [0.2, 0.25) is 0 Å². The Morgan fingerprint density at radius 2 is 1.86 bits per heavy atom. The van der Waals surface area contributed by atoms with Crippen LogP contribution in [0, 0.1) is 0 Å². The molecule has 1 fully saturated rings. The number of hydrogen-bond acceptors (Lipinski definition) is 5. The third-order valence-electron chi connectivity index (χ3n) is 3.55. The van der Waals surface area contributed by atoms with Crippen LogP contribution in [0.3, 0.4) is 0 Å². The molecule has 1 aromatic rings. The smallest absolute Gasteiger partial charge is 0.443 e. The van der Waals surface area contributed by atoms with Crippen molar-refractivity contribution in [2.45, 2.75) is 65.3 Å². The van der Waals surface area contributed by atoms with Crippen LogP contribution in [0.5, 0.6) is 0 Å². The van der Waals surface area contributed by atoms with E-state index in [0.29, 0.717) is 0 Å². The van der Waals surface area contributed by atoms with Gasteiger partial charge in [0.05, 0.1) is 18.2 Å². The number of carbonyl (C=O) groups excluding carboxylic acids is 1. The van der Waals surface area contributed by atoms with E-state index < -0.39 is 30.0 Å². The van der Waals surface area contributed by atoms with Gasteiger partial charge < -0.3 is 14.0 Å². The Kier molecular flexibility index (Phi) is 3.08. The average Bonchev–Trinajstić information content (AvgIpc) is 2.71. The van der Waals surface area contributed by atoms with Gasteiger partial charge in [-0.3, -0.25) is 0 Å². The highest BCUT2D eigenvalue weighted by atomic mass is 16.7. The predicted molar refractivity (Wildman–Crippen MR) is 79.6 cm³/mol. The molecular formula is C14H23BN2O4. The van der Waals surface area contributed by atoms with Gasteiger partial charge >= 0.3 is 13.2 Å². The van der Waals surface area contributed by atoms with Crippen LogP contribution in [0.4, 0.5) is 4.79 Å². The second-order valence-corrected chi connectivity index (χ2v) is 7.11. The Hall–Kier alpha value is -1.34. The third-order valence-corrected chi connectivity index (χ3v) is 3.55. The molecule has 0 unspecified atom stereocenters. The summed E-state index contributed by atoms with van der Waals surface area (Å²) >= 11 is 0. The molecule has 7 heteroatoms. The number of carbonyl (C=O) groups is 1. The minimum absolute atomic E-state index is 0.0968. The Morgan fingerprint density at radius 3 is 2.33 bits per heavy atom. The first kappa shape index (κ1) is 13.3. The molecule has 1 aliphatic heterocycles. The summed E-state index contributed by atoms with van der Waals surface area (Å²) in [6.07, 6.45) is -1.46. The number of rotatable bonds is 1. The molecule has 1 saturated heterocycles. The normalized spacial score (nSPS) is 22.0. The third kappa shape index (κ3) is 3.29. The van der Waals surface area contributed by atoms with Crippen LogP contribution in [-0.4, -0.2) is 39.6 Å². The first-order valence-corrected chi connectivity index (χ1v) is 6.90. The molecular weight excluding hydrogens is 271 g/mol.